The number of aliphatic hydroxyl groups is 1. The van der Waals surface area contributed by atoms with E-state index in [9.17, 15) is 5.11 Å². The van der Waals surface area contributed by atoms with Crippen molar-refractivity contribution in [3.05, 3.63) is 26.5 Å². The van der Waals surface area contributed by atoms with Crippen LogP contribution in [0.2, 0.25) is 0 Å². The molecular formula is C26H44N4O4. The van der Waals surface area contributed by atoms with Gasteiger partial charge in [-0.15, -0.1) is 0 Å². The van der Waals surface area contributed by atoms with Crippen LogP contribution in [0.15, 0.2) is 11.1 Å². The van der Waals surface area contributed by atoms with Gasteiger partial charge in [0.1, 0.15) is 0 Å². The van der Waals surface area contributed by atoms with Crippen LogP contribution in [-0.2, 0) is 0 Å². The standard InChI is InChI=1S/C26H43N3O.NO3/c1-22(2)10-7-11-23(3)18(22)9-8-16-20(23)17(30)14-25(5)19-15-28-21(27)29-26(19,6)13-12-24(16,25)4;2-1(3)4/h17-19,30H,7-15H2,1-6H3,(H3,27,28,29);/q;-1/p+1/t17-,18+,19-,23+,24-,25-,26-;/m1./s1. The lowest BCUT2D eigenvalue weighted by atomic mass is 9.38. The zero-order valence-corrected chi connectivity index (χ0v) is 21.8. The van der Waals surface area contributed by atoms with E-state index in [4.69, 9.17) is 21.1 Å². The van der Waals surface area contributed by atoms with Crippen molar-refractivity contribution in [1.82, 2.24) is 5.32 Å². The van der Waals surface area contributed by atoms with E-state index in [1.165, 1.54) is 44.1 Å². The van der Waals surface area contributed by atoms with E-state index in [0.717, 1.165) is 25.3 Å². The molecule has 192 valence electrons. The average Bonchev–Trinajstić information content (AvgIpc) is 2.68. The number of nitrogens with two attached hydrogens (primary N) is 1. The van der Waals surface area contributed by atoms with Gasteiger partial charge in [0, 0.05) is 5.92 Å². The first-order valence-corrected chi connectivity index (χ1v) is 13.0. The smallest absolute Gasteiger partial charge is 0.341 e. The second kappa shape index (κ2) is 7.84. The SMILES string of the molecule is CC1(C)CCC[C@]2(C)C3=C(CC[C@@H]12)[C@@]1(C)CC[C@@]2(C)NC(N)=[NH+]C[C@@H]2[C@@]1(C)C[C@H]3O.O=[N+]([O-])[O-]. The summed E-state index contributed by atoms with van der Waals surface area (Å²) in [5.74, 6) is 1.86. The van der Waals surface area contributed by atoms with Crippen LogP contribution in [0.4, 0.5) is 0 Å². The number of allylic oxidation sites excluding steroid dienone is 1. The van der Waals surface area contributed by atoms with E-state index in [1.54, 1.807) is 5.57 Å². The van der Waals surface area contributed by atoms with Crippen LogP contribution in [-0.4, -0.2) is 34.3 Å². The highest BCUT2D eigenvalue weighted by atomic mass is 16.9. The summed E-state index contributed by atoms with van der Waals surface area (Å²) in [7, 11) is 0. The molecule has 0 aromatic rings. The number of fused-ring (bicyclic) bond motifs is 6. The van der Waals surface area contributed by atoms with Crippen molar-refractivity contribution < 1.29 is 15.2 Å². The van der Waals surface area contributed by atoms with Crippen molar-refractivity contribution in [2.24, 2.45) is 39.2 Å². The van der Waals surface area contributed by atoms with Crippen LogP contribution >= 0.6 is 0 Å². The molecule has 1 heterocycles. The third-order valence-electron chi connectivity index (χ3n) is 11.3. The summed E-state index contributed by atoms with van der Waals surface area (Å²) in [6, 6.07) is 0. The van der Waals surface area contributed by atoms with Crippen LogP contribution in [0.3, 0.4) is 0 Å². The first-order chi connectivity index (χ1) is 15.6. The van der Waals surface area contributed by atoms with Crippen molar-refractivity contribution in [2.45, 2.75) is 105 Å². The van der Waals surface area contributed by atoms with Gasteiger partial charge >= 0.3 is 5.96 Å². The molecule has 0 aromatic heterocycles. The van der Waals surface area contributed by atoms with Crippen molar-refractivity contribution in [3.63, 3.8) is 0 Å². The molecule has 0 aromatic carbocycles. The Morgan fingerprint density at radius 2 is 1.71 bits per heavy atom. The predicted molar refractivity (Wildman–Crippen MR) is 132 cm³/mol. The first-order valence-electron chi connectivity index (χ1n) is 13.0. The summed E-state index contributed by atoms with van der Waals surface area (Å²) in [6.07, 6.45) is 9.26. The monoisotopic (exact) mass is 476 g/mol. The van der Waals surface area contributed by atoms with Crippen LogP contribution < -0.4 is 16.0 Å². The van der Waals surface area contributed by atoms with Crippen molar-refractivity contribution in [3.8, 4) is 0 Å². The molecule has 4 aliphatic carbocycles. The molecule has 0 radical (unpaired) electrons. The molecule has 5 aliphatic rings. The van der Waals surface area contributed by atoms with E-state index in [2.05, 4.69) is 51.9 Å². The van der Waals surface area contributed by atoms with Crippen LogP contribution in [0.5, 0.6) is 0 Å². The van der Waals surface area contributed by atoms with Crippen molar-refractivity contribution in [1.29, 1.82) is 0 Å². The topological polar surface area (TPSA) is 138 Å². The molecular weight excluding hydrogens is 432 g/mol. The molecule has 34 heavy (non-hydrogen) atoms. The average molecular weight is 477 g/mol. The van der Waals surface area contributed by atoms with E-state index >= 15 is 0 Å². The minimum absolute atomic E-state index is 0.00924. The maximum atomic E-state index is 11.8. The number of hydrogen-bond acceptors (Lipinski definition) is 6. The molecule has 0 unspecified atom stereocenters. The molecule has 7 atom stereocenters. The largest absolute Gasteiger partial charge is 0.389 e. The maximum Gasteiger partial charge on any atom is 0.341 e. The van der Waals surface area contributed by atoms with Crippen molar-refractivity contribution >= 4 is 5.96 Å². The quantitative estimate of drug-likeness (QED) is 0.241. The molecule has 5 N–H and O–H groups in total. The maximum absolute atomic E-state index is 11.8. The Labute approximate surface area is 203 Å². The van der Waals surface area contributed by atoms with Gasteiger partial charge in [-0.1, -0.05) is 46.6 Å². The molecule has 8 heteroatoms. The Bertz CT molecular complexity index is 928. The van der Waals surface area contributed by atoms with Gasteiger partial charge < -0.3 is 20.4 Å². The predicted octanol–water partition coefficient (Wildman–Crippen LogP) is 2.61. The zero-order chi connectivity index (χ0) is 25.3. The summed E-state index contributed by atoms with van der Waals surface area (Å²) < 4.78 is 0. The Morgan fingerprint density at radius 3 is 2.35 bits per heavy atom. The third-order valence-corrected chi connectivity index (χ3v) is 11.3. The first kappa shape index (κ1) is 25.3. The molecule has 0 bridgehead atoms. The lowest BCUT2D eigenvalue weighted by Gasteiger charge is -2.67. The van der Waals surface area contributed by atoms with Gasteiger partial charge in [-0.2, -0.15) is 0 Å². The van der Waals surface area contributed by atoms with E-state index < -0.39 is 5.09 Å². The van der Waals surface area contributed by atoms with Gasteiger partial charge in [-0.3, -0.25) is 16.0 Å². The summed E-state index contributed by atoms with van der Waals surface area (Å²) in [5, 5.41) is 30.2. The zero-order valence-electron chi connectivity index (χ0n) is 21.8. The second-order valence-corrected chi connectivity index (χ2v) is 13.3. The Kier molecular flexibility index (Phi) is 5.82. The third kappa shape index (κ3) is 3.46. The molecule has 2 fully saturated rings. The number of rotatable bonds is 0. The number of nitrogens with one attached hydrogen (secondary N) is 2. The molecule has 5 rings (SSSR count). The fourth-order valence-corrected chi connectivity index (χ4v) is 9.66. The van der Waals surface area contributed by atoms with Gasteiger partial charge in [-0.25, -0.2) is 0 Å². The van der Waals surface area contributed by atoms with Gasteiger partial charge in [0.05, 0.1) is 23.3 Å². The van der Waals surface area contributed by atoms with Gasteiger partial charge in [-0.05, 0) is 85.0 Å². The summed E-state index contributed by atoms with van der Waals surface area (Å²) in [4.78, 5) is 11.7. The van der Waals surface area contributed by atoms with E-state index in [-0.39, 0.29) is 27.9 Å². The lowest BCUT2D eigenvalue weighted by molar-refractivity contribution is -0.490. The number of aliphatic hydroxyl groups excluding tert-OH is 1. The minimum atomic E-state index is -1.75. The van der Waals surface area contributed by atoms with Crippen molar-refractivity contribution in [2.75, 3.05) is 6.54 Å². The van der Waals surface area contributed by atoms with Gasteiger partial charge in [0.25, 0.3) is 0 Å². The highest BCUT2D eigenvalue weighted by Crippen LogP contribution is 2.71. The molecule has 1 aliphatic heterocycles. The lowest BCUT2D eigenvalue weighted by Crippen LogP contribution is -2.90. The fraction of sp³-hybridized carbons (Fsp3) is 0.885. The molecule has 8 nitrogen and oxygen atoms in total. The Balaban J connectivity index is 0.000000636. The Hall–Kier alpha value is -1.83. The minimum Gasteiger partial charge on any atom is -0.389 e. The Morgan fingerprint density at radius 1 is 1.06 bits per heavy atom. The van der Waals surface area contributed by atoms with Crippen LogP contribution in [0.25, 0.3) is 0 Å². The summed E-state index contributed by atoms with van der Waals surface area (Å²) >= 11 is 0. The van der Waals surface area contributed by atoms with Gasteiger partial charge in [0.15, 0.2) is 0 Å². The van der Waals surface area contributed by atoms with Crippen LogP contribution in [0, 0.1) is 48.8 Å². The number of guanidine groups is 1. The van der Waals surface area contributed by atoms with Crippen LogP contribution in [0.1, 0.15) is 92.9 Å². The normalized spacial score (nSPS) is 46.8. The molecule has 2 saturated carbocycles. The molecule has 0 amide bonds. The fourth-order valence-electron chi connectivity index (χ4n) is 9.66. The summed E-state index contributed by atoms with van der Waals surface area (Å²) in [5.41, 5.74) is 10.0. The highest BCUT2D eigenvalue weighted by Gasteiger charge is 2.67. The highest BCUT2D eigenvalue weighted by molar-refractivity contribution is 5.73. The van der Waals surface area contributed by atoms with Gasteiger partial charge in [0.2, 0.25) is 0 Å². The van der Waals surface area contributed by atoms with E-state index in [0.29, 0.717) is 17.3 Å². The summed E-state index contributed by atoms with van der Waals surface area (Å²) in [6.45, 7) is 15.8. The molecule has 0 spiro atoms. The molecule has 0 saturated heterocycles. The number of hydrogen-bond donors (Lipinski definition) is 4. The second-order valence-electron chi connectivity index (χ2n) is 13.3. The number of nitrogens with zero attached hydrogens (tertiary/aromatic N) is 1. The van der Waals surface area contributed by atoms with E-state index in [1.807, 2.05) is 0 Å².